The minimum Gasteiger partial charge on any atom is -0.411 e. The third kappa shape index (κ3) is 5.07. The van der Waals surface area contributed by atoms with Crippen LogP contribution in [0.1, 0.15) is 40.0 Å². The fraction of sp³-hybridized carbons (Fsp3) is 1.00. The van der Waals surface area contributed by atoms with Crippen LogP contribution in [0.5, 0.6) is 0 Å². The highest BCUT2D eigenvalue weighted by atomic mass is 32.2. The van der Waals surface area contributed by atoms with Crippen molar-refractivity contribution in [1.82, 2.24) is 0 Å². The summed E-state index contributed by atoms with van der Waals surface area (Å²) in [7, 11) is -1.95. The van der Waals surface area contributed by atoms with Crippen LogP contribution in [-0.4, -0.2) is 37.0 Å². The second-order valence-corrected chi connectivity index (χ2v) is 12.8. The molecule has 6 nitrogen and oxygen atoms in total. The van der Waals surface area contributed by atoms with E-state index < -0.39 is 25.5 Å². The van der Waals surface area contributed by atoms with Gasteiger partial charge in [0.1, 0.15) is 6.10 Å². The molecule has 8 heteroatoms. The summed E-state index contributed by atoms with van der Waals surface area (Å²) in [5.41, 5.74) is 8.71. The normalized spacial score (nSPS) is 28.8. The Kier molecular flexibility index (Phi) is 6.43. The van der Waals surface area contributed by atoms with Crippen LogP contribution in [0.15, 0.2) is 5.11 Å². The molecule has 122 valence electrons. The van der Waals surface area contributed by atoms with Crippen LogP contribution >= 0.6 is 0 Å². The lowest BCUT2D eigenvalue weighted by Crippen LogP contribution is -2.52. The van der Waals surface area contributed by atoms with Crippen molar-refractivity contribution < 1.29 is 12.8 Å². The molecule has 0 aromatic carbocycles. The first-order chi connectivity index (χ1) is 9.58. The molecule has 1 aliphatic carbocycles. The highest BCUT2D eigenvalue weighted by molar-refractivity contribution is 7.79. The van der Waals surface area contributed by atoms with Gasteiger partial charge in [0.15, 0.2) is 19.4 Å². The maximum atomic E-state index is 11.5. The van der Waals surface area contributed by atoms with E-state index >= 15 is 0 Å². The van der Waals surface area contributed by atoms with E-state index in [1.807, 2.05) is 0 Å². The number of hydrogen-bond acceptors (Lipinski definition) is 4. The molecule has 1 fully saturated rings. The topological polar surface area (TPSA) is 84.3 Å². The van der Waals surface area contributed by atoms with Gasteiger partial charge in [0.25, 0.3) is 0 Å². The van der Waals surface area contributed by atoms with Crippen molar-refractivity contribution in [3.05, 3.63) is 10.4 Å². The minimum atomic E-state index is -1.95. The van der Waals surface area contributed by atoms with Gasteiger partial charge in [0.05, 0.1) is 12.1 Å². The first-order valence-corrected chi connectivity index (χ1v) is 11.7. The summed E-state index contributed by atoms with van der Waals surface area (Å²) in [4.78, 5) is 2.90. The Morgan fingerprint density at radius 3 is 2.43 bits per heavy atom. The van der Waals surface area contributed by atoms with Gasteiger partial charge < -0.3 is 4.43 Å². The van der Waals surface area contributed by atoms with Gasteiger partial charge in [-0.3, -0.25) is 4.18 Å². The minimum absolute atomic E-state index is 0.0916. The smallest absolute Gasteiger partial charge is 0.192 e. The van der Waals surface area contributed by atoms with Crippen molar-refractivity contribution in [2.24, 2.45) is 5.11 Å². The molecule has 0 saturated heterocycles. The molecule has 1 saturated carbocycles. The summed E-state index contributed by atoms with van der Waals surface area (Å²) >= 11 is -1.41. The lowest BCUT2D eigenvalue weighted by molar-refractivity contribution is 0.0105. The predicted octanol–water partition coefficient (Wildman–Crippen LogP) is 3.92. The monoisotopic (exact) mass is 333 g/mol. The second kappa shape index (κ2) is 7.24. The molecule has 0 spiro atoms. The Balaban J connectivity index is 2.95. The van der Waals surface area contributed by atoms with Crippen molar-refractivity contribution in [1.29, 1.82) is 0 Å². The highest BCUT2D eigenvalue weighted by Gasteiger charge is 2.44. The second-order valence-electron chi connectivity index (χ2n) is 7.08. The Morgan fingerprint density at radius 2 is 1.95 bits per heavy atom. The average Bonchev–Trinajstić information content (AvgIpc) is 2.31. The van der Waals surface area contributed by atoms with E-state index in [1.165, 1.54) is 6.26 Å². The molecule has 21 heavy (non-hydrogen) atoms. The highest BCUT2D eigenvalue weighted by Crippen LogP contribution is 2.40. The van der Waals surface area contributed by atoms with Crippen LogP contribution in [0, 0.1) is 0 Å². The molecule has 4 atom stereocenters. The lowest BCUT2D eigenvalue weighted by atomic mass is 9.91. The summed E-state index contributed by atoms with van der Waals surface area (Å²) < 4.78 is 23.4. The summed E-state index contributed by atoms with van der Waals surface area (Å²) in [5.74, 6) is 0. The van der Waals surface area contributed by atoms with Crippen molar-refractivity contribution in [3.8, 4) is 0 Å². The number of rotatable bonds is 5. The zero-order valence-corrected chi connectivity index (χ0v) is 15.6. The van der Waals surface area contributed by atoms with Crippen molar-refractivity contribution in [3.63, 3.8) is 0 Å². The van der Waals surface area contributed by atoms with E-state index in [4.69, 9.17) is 14.1 Å². The summed E-state index contributed by atoms with van der Waals surface area (Å²) in [5, 5.41) is 3.91. The summed E-state index contributed by atoms with van der Waals surface area (Å²) in [6, 6.07) is -0.303. The van der Waals surface area contributed by atoms with Crippen molar-refractivity contribution in [2.75, 3.05) is 6.26 Å². The van der Waals surface area contributed by atoms with E-state index in [0.29, 0.717) is 0 Å². The largest absolute Gasteiger partial charge is 0.411 e. The average molecular weight is 334 g/mol. The molecule has 0 N–H and O–H groups in total. The molecule has 1 rings (SSSR count). The molecule has 0 aromatic heterocycles. The maximum absolute atomic E-state index is 11.5. The summed E-state index contributed by atoms with van der Waals surface area (Å²) in [6.07, 6.45) is 3.45. The van der Waals surface area contributed by atoms with Crippen LogP contribution < -0.4 is 0 Å². The van der Waals surface area contributed by atoms with Gasteiger partial charge in [0, 0.05) is 11.2 Å². The maximum Gasteiger partial charge on any atom is 0.192 e. The third-order valence-electron chi connectivity index (χ3n) is 4.43. The van der Waals surface area contributed by atoms with E-state index in [-0.39, 0.29) is 17.2 Å². The van der Waals surface area contributed by atoms with Gasteiger partial charge in [0.2, 0.25) is 0 Å². The van der Waals surface area contributed by atoms with Crippen LogP contribution in [0.2, 0.25) is 18.1 Å². The Bertz CT molecular complexity index is 433. The van der Waals surface area contributed by atoms with Gasteiger partial charge in [-0.15, -0.1) is 0 Å². The zero-order chi connectivity index (χ0) is 16.3. The molecule has 0 aliphatic heterocycles. The van der Waals surface area contributed by atoms with Crippen LogP contribution in [0.4, 0.5) is 0 Å². The molecular weight excluding hydrogens is 306 g/mol. The molecular formula is C13H27N3O3SSi. The van der Waals surface area contributed by atoms with Gasteiger partial charge >= 0.3 is 0 Å². The summed E-state index contributed by atoms with van der Waals surface area (Å²) in [6.45, 7) is 10.9. The van der Waals surface area contributed by atoms with Gasteiger partial charge in [-0.1, -0.05) is 32.3 Å². The quantitative estimate of drug-likeness (QED) is 0.331. The van der Waals surface area contributed by atoms with E-state index in [0.717, 1.165) is 19.3 Å². The van der Waals surface area contributed by atoms with Crippen molar-refractivity contribution in [2.45, 2.75) is 76.4 Å². The molecule has 0 amide bonds. The molecule has 0 radical (unpaired) electrons. The Labute approximate surface area is 131 Å². The molecule has 0 bridgehead atoms. The first-order valence-electron chi connectivity index (χ1n) is 7.31. The van der Waals surface area contributed by atoms with E-state index in [9.17, 15) is 4.21 Å². The Hall–Kier alpha value is -0.403. The fourth-order valence-corrected chi connectivity index (χ4v) is 4.19. The van der Waals surface area contributed by atoms with E-state index in [2.05, 4.69) is 43.9 Å². The standard InChI is InChI=1S/C13H27N3O3SSi/c1-13(2,3)21(5,6)19-11-9-7-8-10(15-16-14)12(11)18-20(4)17/h10-12H,7-9H2,1-6H3/t10-,11+,12+,20?/m1/s1. The SMILES string of the molecule is CS(=O)O[C@@H]1[C@@H](O[Si](C)(C)C(C)(C)C)CCC[C@H]1N=[N+]=[N-]. The number of nitrogens with zero attached hydrogens (tertiary/aromatic N) is 3. The molecule has 1 unspecified atom stereocenters. The molecule has 0 heterocycles. The molecule has 1 aliphatic rings. The fourth-order valence-electron chi connectivity index (χ4n) is 2.26. The number of azide groups is 1. The number of hydrogen-bond donors (Lipinski definition) is 0. The van der Waals surface area contributed by atoms with Crippen molar-refractivity contribution >= 4 is 19.4 Å². The van der Waals surface area contributed by atoms with Crippen LogP contribution in [0.25, 0.3) is 10.4 Å². The molecule has 0 aromatic rings. The van der Waals surface area contributed by atoms with E-state index in [1.54, 1.807) is 0 Å². The van der Waals surface area contributed by atoms with Gasteiger partial charge in [-0.2, -0.15) is 0 Å². The Morgan fingerprint density at radius 1 is 1.33 bits per heavy atom. The third-order valence-corrected chi connectivity index (χ3v) is 9.43. The lowest BCUT2D eigenvalue weighted by Gasteiger charge is -2.43. The van der Waals surface area contributed by atoms with Gasteiger partial charge in [-0.25, -0.2) is 4.21 Å². The van der Waals surface area contributed by atoms with Gasteiger partial charge in [-0.05, 0) is 36.5 Å². The first kappa shape index (κ1) is 18.6. The van der Waals surface area contributed by atoms with Crippen LogP contribution in [0.3, 0.4) is 0 Å². The predicted molar refractivity (Wildman–Crippen MR) is 87.8 cm³/mol. The van der Waals surface area contributed by atoms with Crippen LogP contribution in [-0.2, 0) is 19.7 Å². The zero-order valence-electron chi connectivity index (χ0n) is 13.8.